The third kappa shape index (κ3) is 4.26. The Morgan fingerprint density at radius 2 is 1.83 bits per heavy atom. The minimum atomic E-state index is -0.441. The van der Waals surface area contributed by atoms with Crippen LogP contribution in [0.15, 0.2) is 41.5 Å². The summed E-state index contributed by atoms with van der Waals surface area (Å²) in [7, 11) is 0. The summed E-state index contributed by atoms with van der Waals surface area (Å²) in [5, 5.41) is 17.2. The van der Waals surface area contributed by atoms with E-state index in [0.717, 1.165) is 16.8 Å². The molecule has 0 aliphatic carbocycles. The second-order valence-corrected chi connectivity index (χ2v) is 5.60. The zero-order chi connectivity index (χ0) is 17.0. The van der Waals surface area contributed by atoms with E-state index in [1.165, 1.54) is 18.2 Å². The lowest BCUT2D eigenvalue weighted by Gasteiger charge is -2.13. The number of aromatic hydroxyl groups is 1. The predicted molar refractivity (Wildman–Crippen MR) is 95.5 cm³/mol. The molecule has 0 radical (unpaired) electrons. The topological polar surface area (TPSA) is 56.7 Å². The van der Waals surface area contributed by atoms with E-state index in [0.29, 0.717) is 16.4 Å². The zero-order valence-corrected chi connectivity index (χ0v) is 14.0. The largest absolute Gasteiger partial charge is 0.507 e. The van der Waals surface area contributed by atoms with Gasteiger partial charge in [-0.15, -0.1) is 0 Å². The lowest BCUT2D eigenvalue weighted by Crippen LogP contribution is -2.25. The molecule has 0 saturated carbocycles. The average Bonchev–Trinajstić information content (AvgIpc) is 2.51. The Kier molecular flexibility index (Phi) is 5.28. The number of benzene rings is 2. The Morgan fingerprint density at radius 1 is 1.17 bits per heavy atom. The molecule has 0 atom stereocenters. The van der Waals surface area contributed by atoms with Crippen molar-refractivity contribution in [2.24, 2.45) is 5.10 Å². The van der Waals surface area contributed by atoms with Gasteiger partial charge in [-0.05, 0) is 62.3 Å². The molecule has 0 heterocycles. The first kappa shape index (κ1) is 16.9. The third-order valence-corrected chi connectivity index (χ3v) is 3.59. The van der Waals surface area contributed by atoms with Gasteiger partial charge in [-0.1, -0.05) is 18.2 Å². The van der Waals surface area contributed by atoms with Gasteiger partial charge in [-0.2, -0.15) is 5.10 Å². The highest BCUT2D eigenvalue weighted by atomic mass is 32.1. The summed E-state index contributed by atoms with van der Waals surface area (Å²) in [5.41, 5.74) is 6.50. The van der Waals surface area contributed by atoms with Crippen molar-refractivity contribution in [3.05, 3.63) is 58.9 Å². The number of aryl methyl sites for hydroxylation is 2. The number of anilines is 1. The fourth-order valence-corrected chi connectivity index (χ4v) is 2.29. The standard InChI is InChI=1S/C17H18FN3OS/c1-10-5-4-6-11(2)16(10)19-17(23)21-20-12(3)14-9-13(18)7-8-15(14)22/h4-9,22H,1-3H3,(H2,19,21,23)/b20-12+. The van der Waals surface area contributed by atoms with Gasteiger partial charge in [0, 0.05) is 11.3 Å². The Labute approximate surface area is 140 Å². The number of rotatable bonds is 3. The number of halogens is 1. The number of nitrogens with zero attached hydrogens (tertiary/aromatic N) is 1. The quantitative estimate of drug-likeness (QED) is 0.454. The first-order chi connectivity index (χ1) is 10.9. The van der Waals surface area contributed by atoms with E-state index in [-0.39, 0.29) is 5.75 Å². The van der Waals surface area contributed by atoms with Crippen molar-refractivity contribution in [3.8, 4) is 5.75 Å². The maximum atomic E-state index is 13.3. The van der Waals surface area contributed by atoms with Crippen LogP contribution in [-0.4, -0.2) is 15.9 Å². The fraction of sp³-hybridized carbons (Fsp3) is 0.176. The SMILES string of the molecule is C/C(=N\NC(=S)Nc1c(C)cccc1C)c1cc(F)ccc1O. The van der Waals surface area contributed by atoms with E-state index in [2.05, 4.69) is 15.8 Å². The number of hydrogen-bond donors (Lipinski definition) is 3. The molecule has 23 heavy (non-hydrogen) atoms. The van der Waals surface area contributed by atoms with E-state index in [4.69, 9.17) is 12.2 Å². The number of thiocarbonyl (C=S) groups is 1. The van der Waals surface area contributed by atoms with Crippen LogP contribution in [-0.2, 0) is 0 Å². The highest BCUT2D eigenvalue weighted by molar-refractivity contribution is 7.80. The molecule has 0 amide bonds. The summed E-state index contributed by atoms with van der Waals surface area (Å²) in [6.45, 7) is 5.62. The number of hydrazone groups is 1. The molecule has 0 aromatic heterocycles. The number of hydrogen-bond acceptors (Lipinski definition) is 3. The molecule has 0 saturated heterocycles. The van der Waals surface area contributed by atoms with Crippen LogP contribution < -0.4 is 10.7 Å². The maximum Gasteiger partial charge on any atom is 0.191 e. The Morgan fingerprint density at radius 3 is 2.48 bits per heavy atom. The lowest BCUT2D eigenvalue weighted by molar-refractivity contribution is 0.472. The average molecular weight is 331 g/mol. The van der Waals surface area contributed by atoms with Gasteiger partial charge < -0.3 is 10.4 Å². The molecule has 2 aromatic rings. The van der Waals surface area contributed by atoms with Crippen molar-refractivity contribution >= 4 is 28.7 Å². The lowest BCUT2D eigenvalue weighted by atomic mass is 10.1. The minimum Gasteiger partial charge on any atom is -0.507 e. The summed E-state index contributed by atoms with van der Waals surface area (Å²) >= 11 is 5.22. The van der Waals surface area contributed by atoms with Crippen LogP contribution in [0.2, 0.25) is 0 Å². The molecule has 0 bridgehead atoms. The van der Waals surface area contributed by atoms with Crippen LogP contribution >= 0.6 is 12.2 Å². The van der Waals surface area contributed by atoms with Gasteiger partial charge in [-0.25, -0.2) is 4.39 Å². The van der Waals surface area contributed by atoms with Gasteiger partial charge in [0.2, 0.25) is 0 Å². The van der Waals surface area contributed by atoms with E-state index < -0.39 is 5.82 Å². The molecule has 0 spiro atoms. The second-order valence-electron chi connectivity index (χ2n) is 5.19. The first-order valence-corrected chi connectivity index (χ1v) is 7.45. The van der Waals surface area contributed by atoms with E-state index in [9.17, 15) is 9.50 Å². The van der Waals surface area contributed by atoms with Gasteiger partial charge in [-0.3, -0.25) is 5.43 Å². The van der Waals surface area contributed by atoms with Gasteiger partial charge in [0.15, 0.2) is 5.11 Å². The second kappa shape index (κ2) is 7.19. The number of phenols is 1. The Balaban J connectivity index is 2.10. The molecule has 0 unspecified atom stereocenters. The molecular weight excluding hydrogens is 313 g/mol. The predicted octanol–water partition coefficient (Wildman–Crippen LogP) is 3.86. The first-order valence-electron chi connectivity index (χ1n) is 7.05. The van der Waals surface area contributed by atoms with Crippen LogP contribution in [0.5, 0.6) is 5.75 Å². The molecule has 0 aliphatic rings. The smallest absolute Gasteiger partial charge is 0.191 e. The van der Waals surface area contributed by atoms with Crippen molar-refractivity contribution in [2.45, 2.75) is 20.8 Å². The van der Waals surface area contributed by atoms with E-state index in [1.54, 1.807) is 6.92 Å². The molecule has 6 heteroatoms. The van der Waals surface area contributed by atoms with Crippen molar-refractivity contribution in [3.63, 3.8) is 0 Å². The van der Waals surface area contributed by atoms with Crippen LogP contribution in [0.3, 0.4) is 0 Å². The highest BCUT2D eigenvalue weighted by Gasteiger charge is 2.07. The maximum absolute atomic E-state index is 13.3. The van der Waals surface area contributed by atoms with Gasteiger partial charge in [0.1, 0.15) is 11.6 Å². The molecule has 4 nitrogen and oxygen atoms in total. The number of phenolic OH excluding ortho intramolecular Hbond substituents is 1. The van der Waals surface area contributed by atoms with Crippen molar-refractivity contribution in [1.82, 2.24) is 5.43 Å². The van der Waals surface area contributed by atoms with Crippen LogP contribution in [0.1, 0.15) is 23.6 Å². The van der Waals surface area contributed by atoms with Gasteiger partial charge >= 0.3 is 0 Å². The molecule has 2 rings (SSSR count). The molecule has 0 fully saturated rings. The fourth-order valence-electron chi connectivity index (χ4n) is 2.15. The summed E-state index contributed by atoms with van der Waals surface area (Å²) in [5.74, 6) is -0.480. The molecular formula is C17H18FN3OS. The van der Waals surface area contributed by atoms with Crippen molar-refractivity contribution < 1.29 is 9.50 Å². The zero-order valence-electron chi connectivity index (χ0n) is 13.1. The van der Waals surface area contributed by atoms with Crippen LogP contribution in [0.25, 0.3) is 0 Å². The third-order valence-electron chi connectivity index (χ3n) is 3.39. The highest BCUT2D eigenvalue weighted by Crippen LogP contribution is 2.20. The van der Waals surface area contributed by atoms with Gasteiger partial charge in [0.05, 0.1) is 5.71 Å². The van der Waals surface area contributed by atoms with Crippen LogP contribution in [0, 0.1) is 19.7 Å². The van der Waals surface area contributed by atoms with E-state index in [1.807, 2.05) is 32.0 Å². The summed E-state index contributed by atoms with van der Waals surface area (Å²) in [6.07, 6.45) is 0. The van der Waals surface area contributed by atoms with Gasteiger partial charge in [0.25, 0.3) is 0 Å². The van der Waals surface area contributed by atoms with Crippen molar-refractivity contribution in [2.75, 3.05) is 5.32 Å². The molecule has 0 aliphatic heterocycles. The molecule has 120 valence electrons. The Bertz CT molecular complexity index is 754. The summed E-state index contributed by atoms with van der Waals surface area (Å²) < 4.78 is 13.3. The van der Waals surface area contributed by atoms with E-state index >= 15 is 0 Å². The summed E-state index contributed by atoms with van der Waals surface area (Å²) in [4.78, 5) is 0. The van der Waals surface area contributed by atoms with Crippen LogP contribution in [0.4, 0.5) is 10.1 Å². The van der Waals surface area contributed by atoms with Crippen molar-refractivity contribution in [1.29, 1.82) is 0 Å². The normalized spacial score (nSPS) is 11.2. The Hall–Kier alpha value is -2.47. The molecule has 3 N–H and O–H groups in total. The number of para-hydroxylation sites is 1. The minimum absolute atomic E-state index is 0.0388. The molecule has 2 aromatic carbocycles. The summed E-state index contributed by atoms with van der Waals surface area (Å²) in [6, 6.07) is 9.64. The monoisotopic (exact) mass is 331 g/mol. The number of nitrogens with one attached hydrogen (secondary N) is 2.